The monoisotopic (exact) mass is 442 g/mol. The fourth-order valence-corrected chi connectivity index (χ4v) is 3.71. The first-order valence-electron chi connectivity index (χ1n) is 11.0. The van der Waals surface area contributed by atoms with Crippen molar-refractivity contribution in [2.75, 3.05) is 18.4 Å². The van der Waals surface area contributed by atoms with E-state index in [1.165, 1.54) is 0 Å². The summed E-state index contributed by atoms with van der Waals surface area (Å²) in [6.45, 7) is 5.30. The number of carbonyl (C=O) groups is 2. The second-order valence-corrected chi connectivity index (χ2v) is 7.52. The van der Waals surface area contributed by atoms with Crippen molar-refractivity contribution in [3.63, 3.8) is 0 Å². The summed E-state index contributed by atoms with van der Waals surface area (Å²) in [6, 6.07) is 23.8. The summed E-state index contributed by atoms with van der Waals surface area (Å²) in [6.07, 6.45) is 0. The molecule has 0 saturated carbocycles. The average molecular weight is 443 g/mol. The molecule has 0 spiro atoms. The Kier molecular flexibility index (Phi) is 6.74. The van der Waals surface area contributed by atoms with E-state index in [1.807, 2.05) is 68.4 Å². The molecule has 1 aromatic heterocycles. The Morgan fingerprint density at radius 2 is 1.64 bits per heavy atom. The van der Waals surface area contributed by atoms with E-state index in [9.17, 15) is 9.59 Å². The standard InChI is InChI=1S/C27H26N2O4/c1-3-29(4-2)27(31)19-11-10-12-20(17-19)28-26(30)25-23(18-32-21-13-6-5-7-14-21)22-15-8-9-16-24(22)33-25/h5-17H,3-4,18H2,1-2H3,(H,28,30). The van der Waals surface area contributed by atoms with Crippen LogP contribution in [0.5, 0.6) is 5.75 Å². The molecule has 0 aliphatic rings. The van der Waals surface area contributed by atoms with Crippen molar-refractivity contribution in [3.8, 4) is 5.75 Å². The summed E-state index contributed by atoms with van der Waals surface area (Å²) in [7, 11) is 0. The van der Waals surface area contributed by atoms with Gasteiger partial charge in [0.25, 0.3) is 11.8 Å². The molecule has 4 rings (SSSR count). The highest BCUT2D eigenvalue weighted by molar-refractivity contribution is 6.07. The highest BCUT2D eigenvalue weighted by atomic mass is 16.5. The van der Waals surface area contributed by atoms with Crippen LogP contribution in [-0.4, -0.2) is 29.8 Å². The molecule has 3 aromatic carbocycles. The molecule has 168 valence electrons. The molecular formula is C27H26N2O4. The van der Waals surface area contributed by atoms with Crippen LogP contribution in [0.2, 0.25) is 0 Å². The normalized spacial score (nSPS) is 10.7. The van der Waals surface area contributed by atoms with Gasteiger partial charge in [0, 0.05) is 35.3 Å². The average Bonchev–Trinajstić information content (AvgIpc) is 3.23. The molecule has 0 aliphatic heterocycles. The number of para-hydroxylation sites is 2. The van der Waals surface area contributed by atoms with Crippen molar-refractivity contribution < 1.29 is 18.7 Å². The van der Waals surface area contributed by atoms with E-state index in [0.29, 0.717) is 41.2 Å². The summed E-state index contributed by atoms with van der Waals surface area (Å²) in [5.41, 5.74) is 2.32. The van der Waals surface area contributed by atoms with Gasteiger partial charge in [-0.15, -0.1) is 0 Å². The van der Waals surface area contributed by atoms with Gasteiger partial charge in [-0.2, -0.15) is 0 Å². The van der Waals surface area contributed by atoms with Crippen molar-refractivity contribution >= 4 is 28.5 Å². The highest BCUT2D eigenvalue weighted by Crippen LogP contribution is 2.28. The largest absolute Gasteiger partial charge is 0.489 e. The number of ether oxygens (including phenoxy) is 1. The number of nitrogens with zero attached hydrogens (tertiary/aromatic N) is 1. The quantitative estimate of drug-likeness (QED) is 0.377. The first-order chi connectivity index (χ1) is 16.1. The Hall–Kier alpha value is -4.06. The van der Waals surface area contributed by atoms with E-state index in [1.54, 1.807) is 29.2 Å². The number of rotatable bonds is 8. The number of amides is 2. The van der Waals surface area contributed by atoms with E-state index >= 15 is 0 Å². The summed E-state index contributed by atoms with van der Waals surface area (Å²) in [5, 5.41) is 3.69. The third-order valence-electron chi connectivity index (χ3n) is 5.45. The summed E-state index contributed by atoms with van der Waals surface area (Å²) >= 11 is 0. The minimum atomic E-state index is -0.398. The number of benzene rings is 3. The maximum Gasteiger partial charge on any atom is 0.291 e. The molecule has 6 nitrogen and oxygen atoms in total. The molecule has 1 N–H and O–H groups in total. The molecule has 1 heterocycles. The van der Waals surface area contributed by atoms with E-state index in [4.69, 9.17) is 9.15 Å². The highest BCUT2D eigenvalue weighted by Gasteiger charge is 2.22. The first-order valence-corrected chi connectivity index (χ1v) is 11.0. The molecule has 0 unspecified atom stereocenters. The lowest BCUT2D eigenvalue weighted by molar-refractivity contribution is 0.0772. The second-order valence-electron chi connectivity index (χ2n) is 7.52. The van der Waals surface area contributed by atoms with Crippen LogP contribution in [0.3, 0.4) is 0 Å². The third kappa shape index (κ3) is 4.90. The van der Waals surface area contributed by atoms with Crippen LogP contribution in [0.25, 0.3) is 11.0 Å². The van der Waals surface area contributed by atoms with Crippen molar-refractivity contribution in [1.29, 1.82) is 0 Å². The molecule has 6 heteroatoms. The minimum absolute atomic E-state index is 0.0724. The Morgan fingerprint density at radius 1 is 0.909 bits per heavy atom. The van der Waals surface area contributed by atoms with Crippen LogP contribution in [-0.2, 0) is 6.61 Å². The Labute approximate surface area is 192 Å². The predicted molar refractivity (Wildman–Crippen MR) is 129 cm³/mol. The minimum Gasteiger partial charge on any atom is -0.489 e. The second kappa shape index (κ2) is 10.0. The number of furan rings is 1. The van der Waals surface area contributed by atoms with Crippen LogP contribution in [0.15, 0.2) is 83.3 Å². The lowest BCUT2D eigenvalue weighted by Gasteiger charge is -2.19. The van der Waals surface area contributed by atoms with Crippen LogP contribution in [0.4, 0.5) is 5.69 Å². The van der Waals surface area contributed by atoms with E-state index < -0.39 is 5.91 Å². The fourth-order valence-electron chi connectivity index (χ4n) is 3.71. The molecule has 2 amide bonds. The third-order valence-corrected chi connectivity index (χ3v) is 5.45. The van der Waals surface area contributed by atoms with Gasteiger partial charge >= 0.3 is 0 Å². The van der Waals surface area contributed by atoms with E-state index in [2.05, 4.69) is 5.32 Å². The van der Waals surface area contributed by atoms with Crippen molar-refractivity contribution in [3.05, 3.63) is 95.7 Å². The summed E-state index contributed by atoms with van der Waals surface area (Å²) in [4.78, 5) is 27.6. The SMILES string of the molecule is CCN(CC)C(=O)c1cccc(NC(=O)c2oc3ccccc3c2COc2ccccc2)c1. The zero-order valence-corrected chi connectivity index (χ0v) is 18.7. The van der Waals surface area contributed by atoms with Gasteiger partial charge in [-0.1, -0.05) is 42.5 Å². The number of fused-ring (bicyclic) bond motifs is 1. The van der Waals surface area contributed by atoms with Gasteiger partial charge in [-0.05, 0) is 50.2 Å². The van der Waals surface area contributed by atoms with Crippen LogP contribution >= 0.6 is 0 Å². The maximum absolute atomic E-state index is 13.2. The van der Waals surface area contributed by atoms with Gasteiger partial charge in [0.15, 0.2) is 5.76 Å². The summed E-state index contributed by atoms with van der Waals surface area (Å²) < 4.78 is 11.8. The molecule has 0 radical (unpaired) electrons. The number of nitrogens with one attached hydrogen (secondary N) is 1. The first kappa shape index (κ1) is 22.1. The zero-order chi connectivity index (χ0) is 23.2. The van der Waals surface area contributed by atoms with Gasteiger partial charge in [-0.3, -0.25) is 9.59 Å². The molecule has 0 atom stereocenters. The predicted octanol–water partition coefficient (Wildman–Crippen LogP) is 5.75. The Morgan fingerprint density at radius 3 is 2.39 bits per heavy atom. The van der Waals surface area contributed by atoms with Gasteiger partial charge in [0.05, 0.1) is 0 Å². The number of anilines is 1. The van der Waals surface area contributed by atoms with Gasteiger partial charge < -0.3 is 19.4 Å². The number of hydrogen-bond acceptors (Lipinski definition) is 4. The molecule has 0 saturated heterocycles. The van der Waals surface area contributed by atoms with Gasteiger partial charge in [0.1, 0.15) is 17.9 Å². The molecule has 33 heavy (non-hydrogen) atoms. The van der Waals surface area contributed by atoms with Crippen molar-refractivity contribution in [2.45, 2.75) is 20.5 Å². The van der Waals surface area contributed by atoms with Gasteiger partial charge in [0.2, 0.25) is 0 Å². The number of carbonyl (C=O) groups excluding carboxylic acids is 2. The van der Waals surface area contributed by atoms with Crippen LogP contribution in [0.1, 0.15) is 40.3 Å². The van der Waals surface area contributed by atoms with Crippen molar-refractivity contribution in [1.82, 2.24) is 4.90 Å². The van der Waals surface area contributed by atoms with Crippen molar-refractivity contribution in [2.24, 2.45) is 0 Å². The maximum atomic E-state index is 13.2. The lowest BCUT2D eigenvalue weighted by Crippen LogP contribution is -2.30. The smallest absolute Gasteiger partial charge is 0.291 e. The Balaban J connectivity index is 1.60. The van der Waals surface area contributed by atoms with E-state index in [-0.39, 0.29) is 18.3 Å². The fraction of sp³-hybridized carbons (Fsp3) is 0.185. The Bertz CT molecular complexity index is 1260. The molecular weight excluding hydrogens is 416 g/mol. The van der Waals surface area contributed by atoms with Gasteiger partial charge in [-0.25, -0.2) is 0 Å². The topological polar surface area (TPSA) is 71.8 Å². The molecule has 4 aromatic rings. The summed E-state index contributed by atoms with van der Waals surface area (Å²) in [5.74, 6) is 0.423. The van der Waals surface area contributed by atoms with Crippen LogP contribution in [0, 0.1) is 0 Å². The number of hydrogen-bond donors (Lipinski definition) is 1. The van der Waals surface area contributed by atoms with E-state index in [0.717, 1.165) is 5.39 Å². The molecule has 0 aliphatic carbocycles. The molecule has 0 fully saturated rings. The zero-order valence-electron chi connectivity index (χ0n) is 18.7. The lowest BCUT2D eigenvalue weighted by atomic mass is 10.1. The van der Waals surface area contributed by atoms with Crippen LogP contribution < -0.4 is 10.1 Å². The molecule has 0 bridgehead atoms.